The molecule has 0 bridgehead atoms. The van der Waals surface area contributed by atoms with Gasteiger partial charge in [0.25, 0.3) is 0 Å². The van der Waals surface area contributed by atoms with Gasteiger partial charge >= 0.3 is 5.97 Å². The second-order valence-electron chi connectivity index (χ2n) is 10.1. The van der Waals surface area contributed by atoms with Crippen molar-refractivity contribution in [2.75, 3.05) is 7.11 Å². The average molecular weight is 371 g/mol. The van der Waals surface area contributed by atoms with Crippen molar-refractivity contribution in [1.29, 1.82) is 0 Å². The lowest BCUT2D eigenvalue weighted by atomic mass is 9.46. The maximum absolute atomic E-state index is 12.0. The van der Waals surface area contributed by atoms with Crippen molar-refractivity contribution in [3.63, 3.8) is 0 Å². The minimum Gasteiger partial charge on any atom is -0.469 e. The molecule has 0 amide bonds. The zero-order valence-electron chi connectivity index (χ0n) is 17.2. The van der Waals surface area contributed by atoms with E-state index in [-0.39, 0.29) is 11.4 Å². The SMILES string of the molecule is C=C1CC2=CC(=O)CC[C@]2(C)[C@H]2CC[C@]3(C)[C@@H](CCC(=O)OC)CC[C@H]3[C@H]12. The molecule has 3 heteroatoms. The van der Waals surface area contributed by atoms with E-state index < -0.39 is 0 Å². The van der Waals surface area contributed by atoms with E-state index in [4.69, 9.17) is 4.74 Å². The van der Waals surface area contributed by atoms with Crippen molar-refractivity contribution < 1.29 is 14.3 Å². The Kier molecular flexibility index (Phi) is 4.63. The van der Waals surface area contributed by atoms with Gasteiger partial charge in [-0.1, -0.05) is 31.6 Å². The number of fused-ring (bicyclic) bond motifs is 5. The number of hydrogen-bond acceptors (Lipinski definition) is 3. The van der Waals surface area contributed by atoms with Crippen LogP contribution in [0.15, 0.2) is 23.8 Å². The van der Waals surface area contributed by atoms with Crippen LogP contribution in [0.25, 0.3) is 0 Å². The summed E-state index contributed by atoms with van der Waals surface area (Å²) in [6.45, 7) is 9.42. The molecule has 0 aromatic carbocycles. The number of methoxy groups -OCH3 is 1. The Hall–Kier alpha value is -1.38. The maximum atomic E-state index is 12.0. The molecule has 3 saturated carbocycles. The van der Waals surface area contributed by atoms with E-state index in [1.165, 1.54) is 43.9 Å². The molecule has 0 heterocycles. The van der Waals surface area contributed by atoms with Crippen LogP contribution in [0.1, 0.15) is 71.6 Å². The molecule has 0 radical (unpaired) electrons. The summed E-state index contributed by atoms with van der Waals surface area (Å²) in [6, 6.07) is 0. The van der Waals surface area contributed by atoms with Crippen LogP contribution in [-0.2, 0) is 14.3 Å². The third-order valence-corrected chi connectivity index (χ3v) is 9.06. The van der Waals surface area contributed by atoms with Crippen molar-refractivity contribution in [3.8, 4) is 0 Å². The highest BCUT2D eigenvalue weighted by Crippen LogP contribution is 2.68. The lowest BCUT2D eigenvalue weighted by molar-refractivity contribution is -0.141. The van der Waals surface area contributed by atoms with Crippen molar-refractivity contribution in [1.82, 2.24) is 0 Å². The summed E-state index contributed by atoms with van der Waals surface area (Å²) in [6.07, 6.45) is 11.1. The molecule has 0 unspecified atom stereocenters. The van der Waals surface area contributed by atoms with Gasteiger partial charge in [-0.3, -0.25) is 9.59 Å². The number of hydrogen-bond donors (Lipinski definition) is 0. The van der Waals surface area contributed by atoms with E-state index in [0.29, 0.717) is 47.7 Å². The minimum atomic E-state index is -0.0769. The molecule has 0 aromatic heterocycles. The first-order valence-corrected chi connectivity index (χ1v) is 10.8. The topological polar surface area (TPSA) is 43.4 Å². The highest BCUT2D eigenvalue weighted by atomic mass is 16.5. The fourth-order valence-corrected chi connectivity index (χ4v) is 7.41. The molecule has 0 saturated heterocycles. The average Bonchev–Trinajstić information content (AvgIpc) is 2.97. The third kappa shape index (κ3) is 2.84. The molecule has 0 N–H and O–H groups in total. The molecule has 0 spiro atoms. The molecule has 148 valence electrons. The molecule has 4 rings (SSSR count). The van der Waals surface area contributed by atoms with Crippen LogP contribution in [-0.4, -0.2) is 18.9 Å². The van der Waals surface area contributed by atoms with E-state index >= 15 is 0 Å². The van der Waals surface area contributed by atoms with Gasteiger partial charge in [0.15, 0.2) is 5.78 Å². The first kappa shape index (κ1) is 19.0. The van der Waals surface area contributed by atoms with Gasteiger partial charge in [-0.2, -0.15) is 0 Å². The summed E-state index contributed by atoms with van der Waals surface area (Å²) in [4.78, 5) is 23.7. The van der Waals surface area contributed by atoms with E-state index in [9.17, 15) is 9.59 Å². The Labute approximate surface area is 163 Å². The van der Waals surface area contributed by atoms with Gasteiger partial charge in [-0.05, 0) is 85.5 Å². The van der Waals surface area contributed by atoms with E-state index in [0.717, 1.165) is 19.3 Å². The van der Waals surface area contributed by atoms with Gasteiger partial charge in [0.2, 0.25) is 0 Å². The van der Waals surface area contributed by atoms with Crippen LogP contribution < -0.4 is 0 Å². The summed E-state index contributed by atoms with van der Waals surface area (Å²) in [5.74, 6) is 2.75. The lowest BCUT2D eigenvalue weighted by Crippen LogP contribution is -2.51. The quantitative estimate of drug-likeness (QED) is 0.503. The van der Waals surface area contributed by atoms with Crippen molar-refractivity contribution in [2.45, 2.75) is 71.6 Å². The van der Waals surface area contributed by atoms with E-state index in [1.54, 1.807) is 0 Å². The Balaban J connectivity index is 1.59. The number of allylic oxidation sites excluding steroid dienone is 2. The third-order valence-electron chi connectivity index (χ3n) is 9.06. The number of ether oxygens (including phenoxy) is 1. The number of esters is 1. The van der Waals surface area contributed by atoms with Crippen molar-refractivity contribution >= 4 is 11.8 Å². The van der Waals surface area contributed by atoms with Gasteiger partial charge in [0.1, 0.15) is 0 Å². The predicted octanol–water partition coefficient (Wildman–Crippen LogP) is 5.25. The Morgan fingerprint density at radius 2 is 2.00 bits per heavy atom. The fourth-order valence-electron chi connectivity index (χ4n) is 7.41. The van der Waals surface area contributed by atoms with Gasteiger partial charge in [0, 0.05) is 12.8 Å². The lowest BCUT2D eigenvalue weighted by Gasteiger charge is -2.58. The number of rotatable bonds is 3. The minimum absolute atomic E-state index is 0.0769. The van der Waals surface area contributed by atoms with Crippen LogP contribution in [0.4, 0.5) is 0 Å². The van der Waals surface area contributed by atoms with Crippen LogP contribution in [0.5, 0.6) is 0 Å². The summed E-state index contributed by atoms with van der Waals surface area (Å²) >= 11 is 0. The summed E-state index contributed by atoms with van der Waals surface area (Å²) in [7, 11) is 1.49. The fraction of sp³-hybridized carbons (Fsp3) is 0.750. The first-order chi connectivity index (χ1) is 12.8. The molecule has 4 aliphatic carbocycles. The smallest absolute Gasteiger partial charge is 0.305 e. The second kappa shape index (κ2) is 6.60. The maximum Gasteiger partial charge on any atom is 0.305 e. The molecule has 6 atom stereocenters. The number of ketones is 1. The second-order valence-corrected chi connectivity index (χ2v) is 10.1. The summed E-state index contributed by atoms with van der Waals surface area (Å²) in [5, 5.41) is 0. The first-order valence-electron chi connectivity index (χ1n) is 10.8. The molecular weight excluding hydrogens is 336 g/mol. The van der Waals surface area contributed by atoms with Crippen LogP contribution in [0.3, 0.4) is 0 Å². The van der Waals surface area contributed by atoms with Gasteiger partial charge in [-0.25, -0.2) is 0 Å². The molecule has 0 aliphatic heterocycles. The molecule has 27 heavy (non-hydrogen) atoms. The van der Waals surface area contributed by atoms with Crippen LogP contribution in [0.2, 0.25) is 0 Å². The normalized spacial score (nSPS) is 43.4. The summed E-state index contributed by atoms with van der Waals surface area (Å²) < 4.78 is 4.88. The molecular formula is C24H34O3. The summed E-state index contributed by atoms with van der Waals surface area (Å²) in [5.41, 5.74) is 3.22. The molecule has 3 fully saturated rings. The molecule has 4 aliphatic rings. The standard InChI is InChI=1S/C24H34O3/c1-15-13-17-14-18(25)9-11-24(17,3)20-10-12-23(2)16(6-8-21(26)27-4)5-7-19(23)22(15)20/h14,16,19-20,22H,1,5-13H2,2-4H3/t16-,19+,20+,22+,23-,24+/m1/s1. The van der Waals surface area contributed by atoms with Crippen molar-refractivity contribution in [3.05, 3.63) is 23.8 Å². The van der Waals surface area contributed by atoms with E-state index in [2.05, 4.69) is 20.4 Å². The predicted molar refractivity (Wildman–Crippen MR) is 106 cm³/mol. The molecule has 3 nitrogen and oxygen atoms in total. The molecule has 0 aromatic rings. The van der Waals surface area contributed by atoms with Crippen molar-refractivity contribution in [2.24, 2.45) is 34.5 Å². The Morgan fingerprint density at radius 3 is 2.74 bits per heavy atom. The highest BCUT2D eigenvalue weighted by molar-refractivity contribution is 5.91. The zero-order chi connectivity index (χ0) is 19.4. The highest BCUT2D eigenvalue weighted by Gasteiger charge is 2.59. The zero-order valence-corrected chi connectivity index (χ0v) is 17.2. The number of carbonyl (C=O) groups is 2. The van der Waals surface area contributed by atoms with Crippen LogP contribution >= 0.6 is 0 Å². The Morgan fingerprint density at radius 1 is 1.22 bits per heavy atom. The van der Waals surface area contributed by atoms with E-state index in [1.807, 2.05) is 6.08 Å². The van der Waals surface area contributed by atoms with Gasteiger partial charge in [-0.15, -0.1) is 0 Å². The number of carbonyl (C=O) groups excluding carboxylic acids is 2. The van der Waals surface area contributed by atoms with Gasteiger partial charge in [0.05, 0.1) is 7.11 Å². The van der Waals surface area contributed by atoms with Crippen LogP contribution in [0, 0.1) is 34.5 Å². The largest absolute Gasteiger partial charge is 0.469 e. The Bertz CT molecular complexity index is 704. The van der Waals surface area contributed by atoms with Gasteiger partial charge < -0.3 is 4.74 Å². The monoisotopic (exact) mass is 370 g/mol.